The van der Waals surface area contributed by atoms with Gasteiger partial charge in [-0.2, -0.15) is 4.31 Å². The molecule has 0 aliphatic carbocycles. The van der Waals surface area contributed by atoms with Gasteiger partial charge in [0.15, 0.2) is 6.10 Å². The van der Waals surface area contributed by atoms with Crippen LogP contribution in [0.2, 0.25) is 5.02 Å². The number of anilines is 1. The predicted molar refractivity (Wildman–Crippen MR) is 116 cm³/mol. The minimum Gasteiger partial charge on any atom is -0.495 e. The number of nitrogens with zero attached hydrogens (tertiary/aromatic N) is 1. The summed E-state index contributed by atoms with van der Waals surface area (Å²) in [6.45, 7) is 2.82. The van der Waals surface area contributed by atoms with Crippen LogP contribution < -0.4 is 14.8 Å². The van der Waals surface area contributed by atoms with Gasteiger partial charge in [0.25, 0.3) is 5.91 Å². The van der Waals surface area contributed by atoms with E-state index in [9.17, 15) is 13.2 Å². The highest BCUT2D eigenvalue weighted by Crippen LogP contribution is 2.30. The number of rotatable bonds is 8. The van der Waals surface area contributed by atoms with E-state index in [0.717, 1.165) is 12.8 Å². The number of amides is 1. The summed E-state index contributed by atoms with van der Waals surface area (Å²) in [7, 11) is -2.16. The normalized spacial score (nSPS) is 15.6. The molecule has 0 radical (unpaired) electrons. The maximum Gasteiger partial charge on any atom is 0.265 e. The van der Waals surface area contributed by atoms with Crippen LogP contribution in [0.5, 0.6) is 11.5 Å². The molecule has 1 atom stereocenters. The van der Waals surface area contributed by atoms with Crippen molar-refractivity contribution in [2.24, 2.45) is 0 Å². The zero-order chi connectivity index (χ0) is 21.7. The minimum absolute atomic E-state index is 0.115. The molecule has 1 fully saturated rings. The molecule has 30 heavy (non-hydrogen) atoms. The number of nitrogens with one attached hydrogen (secondary N) is 1. The van der Waals surface area contributed by atoms with Crippen LogP contribution >= 0.6 is 11.6 Å². The quantitative estimate of drug-likeness (QED) is 0.656. The SMILES string of the molecule is CC[C@H](Oc1cccc(Cl)c1)C(=O)Nc1cc(S(=O)(=O)N2CCCC2)ccc1OC. The lowest BCUT2D eigenvalue weighted by molar-refractivity contribution is -0.122. The molecule has 0 saturated carbocycles. The number of carbonyl (C=O) groups is 1. The van der Waals surface area contributed by atoms with Gasteiger partial charge < -0.3 is 14.8 Å². The third-order valence-corrected chi connectivity index (χ3v) is 7.00. The van der Waals surface area contributed by atoms with Crippen LogP contribution in [0.25, 0.3) is 0 Å². The fraction of sp³-hybridized carbons (Fsp3) is 0.381. The standard InChI is InChI=1S/C21H25ClN2O5S/c1-3-19(29-16-8-6-7-15(22)13-16)21(25)23-18-14-17(9-10-20(18)28-2)30(26,27)24-11-4-5-12-24/h6-10,13-14,19H,3-5,11-12H2,1-2H3,(H,23,25)/t19-/m0/s1. The van der Waals surface area contributed by atoms with Gasteiger partial charge in [-0.1, -0.05) is 24.6 Å². The van der Waals surface area contributed by atoms with Crippen molar-refractivity contribution in [3.05, 3.63) is 47.5 Å². The van der Waals surface area contributed by atoms with E-state index in [1.807, 2.05) is 6.92 Å². The molecule has 1 aliphatic rings. The number of methoxy groups -OCH3 is 1. The smallest absolute Gasteiger partial charge is 0.265 e. The Morgan fingerprint density at radius 2 is 1.93 bits per heavy atom. The highest BCUT2D eigenvalue weighted by atomic mass is 35.5. The Bertz CT molecular complexity index is 1010. The second kappa shape index (κ2) is 9.68. The number of benzene rings is 2. The molecule has 1 aliphatic heterocycles. The van der Waals surface area contributed by atoms with Gasteiger partial charge in [-0.25, -0.2) is 8.42 Å². The summed E-state index contributed by atoms with van der Waals surface area (Å²) >= 11 is 5.98. The molecule has 1 saturated heterocycles. The summed E-state index contributed by atoms with van der Waals surface area (Å²) in [6.07, 6.45) is 1.31. The summed E-state index contributed by atoms with van der Waals surface area (Å²) in [5, 5.41) is 3.25. The highest BCUT2D eigenvalue weighted by Gasteiger charge is 2.28. The Morgan fingerprint density at radius 1 is 1.20 bits per heavy atom. The van der Waals surface area contributed by atoms with Crippen LogP contribution in [-0.4, -0.2) is 44.9 Å². The van der Waals surface area contributed by atoms with Crippen molar-refractivity contribution in [2.45, 2.75) is 37.2 Å². The molecular formula is C21H25ClN2O5S. The molecule has 9 heteroatoms. The zero-order valence-electron chi connectivity index (χ0n) is 16.9. The first-order valence-corrected chi connectivity index (χ1v) is 11.6. The van der Waals surface area contributed by atoms with Crippen LogP contribution in [-0.2, 0) is 14.8 Å². The first-order valence-electron chi connectivity index (χ1n) is 9.76. The number of carbonyl (C=O) groups excluding carboxylic acids is 1. The molecule has 2 aromatic rings. The molecule has 0 aromatic heterocycles. The van der Waals surface area contributed by atoms with Gasteiger partial charge in [-0.05, 0) is 55.7 Å². The van der Waals surface area contributed by atoms with Crippen LogP contribution in [0.4, 0.5) is 5.69 Å². The Morgan fingerprint density at radius 3 is 2.57 bits per heavy atom. The summed E-state index contributed by atoms with van der Waals surface area (Å²) in [5.74, 6) is 0.426. The third kappa shape index (κ3) is 5.06. The van der Waals surface area contributed by atoms with Gasteiger partial charge in [0, 0.05) is 18.1 Å². The molecule has 0 unspecified atom stereocenters. The first-order chi connectivity index (χ1) is 14.3. The largest absolute Gasteiger partial charge is 0.495 e. The van der Waals surface area contributed by atoms with E-state index in [0.29, 0.717) is 36.0 Å². The highest BCUT2D eigenvalue weighted by molar-refractivity contribution is 7.89. The van der Waals surface area contributed by atoms with Crippen LogP contribution in [0.1, 0.15) is 26.2 Å². The van der Waals surface area contributed by atoms with Gasteiger partial charge in [-0.15, -0.1) is 0 Å². The Hall–Kier alpha value is -2.29. The summed E-state index contributed by atoms with van der Waals surface area (Å²) in [6, 6.07) is 11.2. The van der Waals surface area contributed by atoms with Gasteiger partial charge >= 0.3 is 0 Å². The lowest BCUT2D eigenvalue weighted by atomic mass is 10.2. The fourth-order valence-electron chi connectivity index (χ4n) is 3.26. The van der Waals surface area contributed by atoms with Crippen LogP contribution in [0, 0.1) is 0 Å². The van der Waals surface area contributed by atoms with E-state index < -0.39 is 22.0 Å². The fourth-order valence-corrected chi connectivity index (χ4v) is 4.99. The molecule has 1 N–H and O–H groups in total. The lowest BCUT2D eigenvalue weighted by Crippen LogP contribution is -2.32. The Labute approximate surface area is 182 Å². The van der Waals surface area contributed by atoms with Crippen LogP contribution in [0.15, 0.2) is 47.4 Å². The van der Waals surface area contributed by atoms with Crippen molar-refractivity contribution in [3.63, 3.8) is 0 Å². The minimum atomic E-state index is -3.62. The number of ether oxygens (including phenoxy) is 2. The number of hydrogen-bond donors (Lipinski definition) is 1. The third-order valence-electron chi connectivity index (χ3n) is 4.87. The monoisotopic (exact) mass is 452 g/mol. The Kier molecular flexibility index (Phi) is 7.23. The van der Waals surface area contributed by atoms with Gasteiger partial charge in [0.1, 0.15) is 11.5 Å². The van der Waals surface area contributed by atoms with E-state index in [-0.39, 0.29) is 10.6 Å². The second-order valence-electron chi connectivity index (χ2n) is 6.93. The molecule has 0 bridgehead atoms. The number of sulfonamides is 1. The van der Waals surface area contributed by atoms with E-state index in [1.54, 1.807) is 24.3 Å². The first kappa shape index (κ1) is 22.4. The average Bonchev–Trinajstić information content (AvgIpc) is 3.27. The molecule has 2 aromatic carbocycles. The molecule has 1 amide bonds. The predicted octanol–water partition coefficient (Wildman–Crippen LogP) is 3.93. The van der Waals surface area contributed by atoms with Crippen molar-refractivity contribution in [1.82, 2.24) is 4.31 Å². The topological polar surface area (TPSA) is 84.9 Å². The summed E-state index contributed by atoms with van der Waals surface area (Å²) < 4.78 is 38.3. The van der Waals surface area contributed by atoms with Gasteiger partial charge in [0.05, 0.1) is 17.7 Å². The van der Waals surface area contributed by atoms with E-state index in [4.69, 9.17) is 21.1 Å². The van der Waals surface area contributed by atoms with E-state index >= 15 is 0 Å². The molecule has 0 spiro atoms. The van der Waals surface area contributed by atoms with Crippen molar-refractivity contribution in [2.75, 3.05) is 25.5 Å². The van der Waals surface area contributed by atoms with Crippen molar-refractivity contribution < 1.29 is 22.7 Å². The number of halogens is 1. The van der Waals surface area contributed by atoms with Crippen LogP contribution in [0.3, 0.4) is 0 Å². The van der Waals surface area contributed by atoms with E-state index in [2.05, 4.69) is 5.32 Å². The molecule has 3 rings (SSSR count). The van der Waals surface area contributed by atoms with Crippen molar-refractivity contribution in [3.8, 4) is 11.5 Å². The maximum atomic E-state index is 12.9. The molecule has 7 nitrogen and oxygen atoms in total. The summed E-state index contributed by atoms with van der Waals surface area (Å²) in [4.78, 5) is 12.9. The van der Waals surface area contributed by atoms with E-state index in [1.165, 1.54) is 29.6 Å². The average molecular weight is 453 g/mol. The second-order valence-corrected chi connectivity index (χ2v) is 9.31. The van der Waals surface area contributed by atoms with Gasteiger partial charge in [0.2, 0.25) is 10.0 Å². The molecular weight excluding hydrogens is 428 g/mol. The number of hydrogen-bond acceptors (Lipinski definition) is 5. The summed E-state index contributed by atoms with van der Waals surface area (Å²) in [5.41, 5.74) is 0.274. The van der Waals surface area contributed by atoms with Crippen molar-refractivity contribution >= 4 is 33.2 Å². The lowest BCUT2D eigenvalue weighted by Gasteiger charge is -2.20. The Balaban J connectivity index is 1.82. The zero-order valence-corrected chi connectivity index (χ0v) is 18.5. The van der Waals surface area contributed by atoms with Crippen molar-refractivity contribution in [1.29, 1.82) is 0 Å². The maximum absolute atomic E-state index is 12.9. The van der Waals surface area contributed by atoms with Gasteiger partial charge in [-0.3, -0.25) is 4.79 Å². The molecule has 1 heterocycles. The molecule has 162 valence electrons.